The van der Waals surface area contributed by atoms with Crippen LogP contribution in [0, 0.1) is 0 Å². The molecule has 0 bridgehead atoms. The Balaban J connectivity index is 2.89. The lowest BCUT2D eigenvalue weighted by Crippen LogP contribution is -2.02. The highest BCUT2D eigenvalue weighted by Crippen LogP contribution is 2.29. The van der Waals surface area contributed by atoms with E-state index >= 15 is 0 Å². The molecule has 1 heterocycles. The first kappa shape index (κ1) is 8.45. The molecule has 0 amide bonds. The molecule has 1 rings (SSSR count). The van der Waals surface area contributed by atoms with Crippen molar-refractivity contribution < 1.29 is 17.6 Å². The molecule has 1 aromatic heterocycles. The van der Waals surface area contributed by atoms with Crippen LogP contribution >= 0.6 is 12.6 Å². The third-order valence-electron chi connectivity index (χ3n) is 0.968. The van der Waals surface area contributed by atoms with Crippen molar-refractivity contribution in [2.75, 3.05) is 0 Å². The molecular weight excluding hydrogens is 179 g/mol. The molecule has 0 aliphatic carbocycles. The van der Waals surface area contributed by atoms with Crippen LogP contribution in [0.4, 0.5) is 13.2 Å². The molecular formula is C5H4F3NOS. The molecule has 0 aliphatic heterocycles. The third-order valence-corrected chi connectivity index (χ3v) is 1.24. The first-order valence-corrected chi connectivity index (χ1v) is 3.30. The van der Waals surface area contributed by atoms with Gasteiger partial charge in [0.1, 0.15) is 0 Å². The van der Waals surface area contributed by atoms with E-state index in [1.807, 2.05) is 0 Å². The normalized spacial score (nSPS) is 12.0. The predicted octanol–water partition coefficient (Wildman–Crippen LogP) is 2.12. The molecule has 0 spiro atoms. The lowest BCUT2D eigenvalue weighted by atomic mass is 10.5. The van der Waals surface area contributed by atoms with E-state index in [4.69, 9.17) is 0 Å². The van der Waals surface area contributed by atoms with Gasteiger partial charge in [-0.1, -0.05) is 0 Å². The van der Waals surface area contributed by atoms with Gasteiger partial charge in [0.2, 0.25) is 11.7 Å². The Morgan fingerprint density at radius 1 is 1.55 bits per heavy atom. The molecule has 62 valence electrons. The molecule has 0 radical (unpaired) electrons. The number of nitrogens with zero attached hydrogens (tertiary/aromatic N) is 1. The van der Waals surface area contributed by atoms with E-state index in [-0.39, 0.29) is 11.6 Å². The van der Waals surface area contributed by atoms with Gasteiger partial charge in [-0.3, -0.25) is 0 Å². The van der Waals surface area contributed by atoms with E-state index in [1.54, 1.807) is 0 Å². The van der Waals surface area contributed by atoms with Crippen molar-refractivity contribution in [2.45, 2.75) is 11.9 Å². The van der Waals surface area contributed by atoms with Crippen molar-refractivity contribution in [1.82, 2.24) is 4.98 Å². The van der Waals surface area contributed by atoms with Gasteiger partial charge in [-0.2, -0.15) is 25.8 Å². The second kappa shape index (κ2) is 2.77. The lowest BCUT2D eigenvalue weighted by molar-refractivity contribution is -0.153. The zero-order valence-corrected chi connectivity index (χ0v) is 6.12. The van der Waals surface area contributed by atoms with Gasteiger partial charge in [0.05, 0.1) is 11.9 Å². The summed E-state index contributed by atoms with van der Waals surface area (Å²) in [4.78, 5) is 3.34. The van der Waals surface area contributed by atoms with Gasteiger partial charge >= 0.3 is 6.18 Å². The topological polar surface area (TPSA) is 26.0 Å². The summed E-state index contributed by atoms with van der Waals surface area (Å²) in [6.07, 6.45) is -3.81. The molecule has 6 heteroatoms. The van der Waals surface area contributed by atoms with Gasteiger partial charge in [0, 0.05) is 0 Å². The zero-order valence-electron chi connectivity index (χ0n) is 5.22. The molecule has 0 atom stereocenters. The molecule has 0 unspecified atom stereocenters. The van der Waals surface area contributed by atoms with E-state index in [1.165, 1.54) is 0 Å². The van der Waals surface area contributed by atoms with Gasteiger partial charge in [0.15, 0.2) is 0 Å². The molecule has 0 fully saturated rings. The van der Waals surface area contributed by atoms with E-state index in [2.05, 4.69) is 22.0 Å². The van der Waals surface area contributed by atoms with Crippen LogP contribution in [0.2, 0.25) is 0 Å². The van der Waals surface area contributed by atoms with Crippen LogP contribution < -0.4 is 0 Å². The number of rotatable bonds is 1. The number of aromatic nitrogens is 1. The van der Waals surface area contributed by atoms with Crippen LogP contribution in [0.5, 0.6) is 0 Å². The number of hydrogen-bond acceptors (Lipinski definition) is 3. The number of oxazole rings is 1. The minimum Gasteiger partial charge on any atom is -0.435 e. The summed E-state index contributed by atoms with van der Waals surface area (Å²) in [6, 6.07) is 0. The molecule has 0 aliphatic rings. The Hall–Kier alpha value is -0.650. The summed E-state index contributed by atoms with van der Waals surface area (Å²) in [5.41, 5.74) is 0. The first-order valence-electron chi connectivity index (χ1n) is 2.67. The average molecular weight is 183 g/mol. The zero-order chi connectivity index (χ0) is 8.48. The maximum absolute atomic E-state index is 11.8. The molecule has 11 heavy (non-hydrogen) atoms. The Kier molecular flexibility index (Phi) is 2.12. The Morgan fingerprint density at radius 3 is 2.45 bits per heavy atom. The quantitative estimate of drug-likeness (QED) is 0.675. The number of hydrogen-bond donors (Lipinski definition) is 1. The summed E-state index contributed by atoms with van der Waals surface area (Å²) in [7, 11) is 0. The first-order chi connectivity index (χ1) is 5.04. The highest BCUT2D eigenvalue weighted by Gasteiger charge is 2.35. The van der Waals surface area contributed by atoms with Gasteiger partial charge in [-0.25, -0.2) is 4.98 Å². The van der Waals surface area contributed by atoms with Gasteiger partial charge < -0.3 is 4.42 Å². The van der Waals surface area contributed by atoms with Crippen LogP contribution in [-0.2, 0) is 11.9 Å². The average Bonchev–Trinajstić information content (AvgIpc) is 2.32. The second-order valence-corrected chi connectivity index (χ2v) is 2.09. The number of thiol groups is 1. The van der Waals surface area contributed by atoms with Crippen molar-refractivity contribution in [3.8, 4) is 0 Å². The minimum atomic E-state index is -4.45. The van der Waals surface area contributed by atoms with E-state index in [0.717, 1.165) is 0 Å². The van der Waals surface area contributed by atoms with E-state index < -0.39 is 11.9 Å². The predicted molar refractivity (Wildman–Crippen MR) is 34.2 cm³/mol. The maximum Gasteiger partial charge on any atom is 0.451 e. The summed E-state index contributed by atoms with van der Waals surface area (Å²) >= 11 is 3.70. The second-order valence-electron chi connectivity index (χ2n) is 1.77. The Morgan fingerprint density at radius 2 is 2.18 bits per heavy atom. The largest absolute Gasteiger partial charge is 0.451 e. The molecule has 0 N–H and O–H groups in total. The van der Waals surface area contributed by atoms with Crippen molar-refractivity contribution >= 4 is 12.6 Å². The molecule has 1 aromatic rings. The van der Waals surface area contributed by atoms with Crippen molar-refractivity contribution in [3.63, 3.8) is 0 Å². The van der Waals surface area contributed by atoms with Crippen LogP contribution in [-0.4, -0.2) is 4.98 Å². The van der Waals surface area contributed by atoms with Crippen molar-refractivity contribution in [2.24, 2.45) is 0 Å². The summed E-state index contributed by atoms with van der Waals surface area (Å²) in [5, 5.41) is 0. The fourth-order valence-electron chi connectivity index (χ4n) is 0.514. The van der Waals surface area contributed by atoms with E-state index in [9.17, 15) is 13.2 Å². The monoisotopic (exact) mass is 183 g/mol. The Bertz CT molecular complexity index is 244. The highest BCUT2D eigenvalue weighted by atomic mass is 32.1. The van der Waals surface area contributed by atoms with Crippen LogP contribution in [0.3, 0.4) is 0 Å². The SMILES string of the molecule is FC(F)(F)c1cnc(CS)o1. The van der Waals surface area contributed by atoms with Crippen molar-refractivity contribution in [1.29, 1.82) is 0 Å². The molecule has 2 nitrogen and oxygen atoms in total. The fourth-order valence-corrected chi connectivity index (χ4v) is 0.661. The van der Waals surface area contributed by atoms with Gasteiger partial charge in [-0.15, -0.1) is 0 Å². The van der Waals surface area contributed by atoms with Gasteiger partial charge in [-0.05, 0) is 0 Å². The summed E-state index contributed by atoms with van der Waals surface area (Å²) in [6.45, 7) is 0. The number of alkyl halides is 3. The lowest BCUT2D eigenvalue weighted by Gasteiger charge is -1.98. The van der Waals surface area contributed by atoms with Crippen LogP contribution in [0.15, 0.2) is 10.6 Å². The highest BCUT2D eigenvalue weighted by molar-refractivity contribution is 7.79. The molecule has 0 saturated carbocycles. The third kappa shape index (κ3) is 1.89. The van der Waals surface area contributed by atoms with Gasteiger partial charge in [0.25, 0.3) is 0 Å². The molecule has 0 aromatic carbocycles. The number of halogens is 3. The molecule has 0 saturated heterocycles. The smallest absolute Gasteiger partial charge is 0.435 e. The minimum absolute atomic E-state index is 0.0272. The standard InChI is InChI=1S/C5H4F3NOS/c6-5(7,8)3-1-9-4(2-11)10-3/h1,11H,2H2. The van der Waals surface area contributed by atoms with E-state index in [0.29, 0.717) is 6.20 Å². The summed E-state index contributed by atoms with van der Waals surface area (Å²) in [5.74, 6) is -1.04. The fraction of sp³-hybridized carbons (Fsp3) is 0.400. The summed E-state index contributed by atoms with van der Waals surface area (Å²) < 4.78 is 39.6. The maximum atomic E-state index is 11.8. The van der Waals surface area contributed by atoms with Crippen LogP contribution in [0.1, 0.15) is 11.7 Å². The van der Waals surface area contributed by atoms with Crippen LogP contribution in [0.25, 0.3) is 0 Å². The Labute approximate surface area is 65.8 Å². The van der Waals surface area contributed by atoms with Crippen molar-refractivity contribution in [3.05, 3.63) is 17.8 Å².